The maximum Gasteiger partial charge on any atom is 0.223 e. The summed E-state index contributed by atoms with van der Waals surface area (Å²) in [5, 5.41) is 2.86. The first-order valence-corrected chi connectivity index (χ1v) is 4.18. The van der Waals surface area contributed by atoms with E-state index in [0.29, 0.717) is 12.5 Å². The zero-order valence-corrected chi connectivity index (χ0v) is 7.02. The lowest BCUT2D eigenvalue weighted by atomic mass is 10.2. The van der Waals surface area contributed by atoms with Gasteiger partial charge in [0, 0.05) is 12.5 Å². The average Bonchev–Trinajstić information content (AvgIpc) is 2.81. The normalized spacial score (nSPS) is 16.1. The number of carbonyl (C=O) groups excluding carboxylic acids is 1. The Morgan fingerprint density at radius 2 is 2.27 bits per heavy atom. The third-order valence-electron chi connectivity index (χ3n) is 1.96. The van der Waals surface area contributed by atoms with Gasteiger partial charge >= 0.3 is 0 Å². The minimum absolute atomic E-state index is 0.208. The Kier molecular flexibility index (Phi) is 2.69. The Hall–Kier alpha value is -0.790. The molecule has 1 N–H and O–H groups in total. The van der Waals surface area contributed by atoms with Crippen molar-refractivity contribution in [2.45, 2.75) is 26.2 Å². The highest BCUT2D eigenvalue weighted by molar-refractivity contribution is 5.80. The van der Waals surface area contributed by atoms with Crippen LogP contribution >= 0.6 is 0 Å². The minimum atomic E-state index is 0.208. The van der Waals surface area contributed by atoms with Crippen LogP contribution in [0, 0.1) is 5.92 Å². The van der Waals surface area contributed by atoms with Gasteiger partial charge in [0.05, 0.1) is 0 Å². The van der Waals surface area contributed by atoms with Crippen LogP contribution in [0.25, 0.3) is 0 Å². The molecule has 0 saturated heterocycles. The number of hydrogen-bond donors (Lipinski definition) is 1. The zero-order chi connectivity index (χ0) is 8.27. The van der Waals surface area contributed by atoms with Crippen molar-refractivity contribution in [3.05, 3.63) is 12.2 Å². The van der Waals surface area contributed by atoms with E-state index in [9.17, 15) is 4.79 Å². The van der Waals surface area contributed by atoms with Gasteiger partial charge in [0.2, 0.25) is 5.91 Å². The smallest absolute Gasteiger partial charge is 0.223 e. The van der Waals surface area contributed by atoms with Crippen LogP contribution in [0.1, 0.15) is 26.2 Å². The molecule has 1 saturated carbocycles. The summed E-state index contributed by atoms with van der Waals surface area (Å²) in [6.07, 6.45) is 3.10. The Morgan fingerprint density at radius 1 is 1.64 bits per heavy atom. The van der Waals surface area contributed by atoms with Crippen molar-refractivity contribution in [2.75, 3.05) is 6.54 Å². The van der Waals surface area contributed by atoms with Crippen LogP contribution in [0.15, 0.2) is 12.2 Å². The lowest BCUT2D eigenvalue weighted by Gasteiger charge is -2.03. The largest absolute Gasteiger partial charge is 0.352 e. The highest BCUT2D eigenvalue weighted by atomic mass is 16.2. The topological polar surface area (TPSA) is 29.1 Å². The van der Waals surface area contributed by atoms with Gasteiger partial charge in [-0.1, -0.05) is 19.1 Å². The van der Waals surface area contributed by atoms with Gasteiger partial charge in [-0.3, -0.25) is 4.79 Å². The molecule has 1 rings (SSSR count). The molecule has 2 nitrogen and oxygen atoms in total. The molecule has 0 radical (unpaired) electrons. The van der Waals surface area contributed by atoms with Gasteiger partial charge in [0.25, 0.3) is 0 Å². The second-order valence-corrected chi connectivity index (χ2v) is 3.10. The molecule has 1 amide bonds. The molecule has 1 fully saturated rings. The van der Waals surface area contributed by atoms with Gasteiger partial charge in [0.1, 0.15) is 0 Å². The molecule has 1 aliphatic carbocycles. The lowest BCUT2D eigenvalue weighted by Crippen LogP contribution is -2.26. The minimum Gasteiger partial charge on any atom is -0.352 e. The molecule has 0 aliphatic heterocycles. The first-order chi connectivity index (χ1) is 5.24. The van der Waals surface area contributed by atoms with E-state index in [-0.39, 0.29) is 5.91 Å². The highest BCUT2D eigenvalue weighted by Gasteiger charge is 2.28. The van der Waals surface area contributed by atoms with Crippen LogP contribution in [0.3, 0.4) is 0 Å². The van der Waals surface area contributed by atoms with Crippen LogP contribution in [0.2, 0.25) is 0 Å². The average molecular weight is 153 g/mol. The fourth-order valence-corrected chi connectivity index (χ4v) is 0.827. The van der Waals surface area contributed by atoms with E-state index in [4.69, 9.17) is 0 Å². The summed E-state index contributed by atoms with van der Waals surface area (Å²) in [5.74, 6) is 0.527. The van der Waals surface area contributed by atoms with Crippen molar-refractivity contribution in [3.63, 3.8) is 0 Å². The molecule has 0 bridgehead atoms. The van der Waals surface area contributed by atoms with Crippen LogP contribution in [0.4, 0.5) is 0 Å². The molecule has 1 aliphatic rings. The number of hydrogen-bond acceptors (Lipinski definition) is 1. The fraction of sp³-hybridized carbons (Fsp3) is 0.667. The van der Waals surface area contributed by atoms with Crippen molar-refractivity contribution < 1.29 is 4.79 Å². The molecule has 0 unspecified atom stereocenters. The molecule has 0 atom stereocenters. The number of carbonyl (C=O) groups is 1. The van der Waals surface area contributed by atoms with Gasteiger partial charge in [-0.05, 0) is 19.3 Å². The maximum absolute atomic E-state index is 11.1. The molecule has 0 aromatic rings. The first kappa shape index (κ1) is 8.31. The van der Waals surface area contributed by atoms with Crippen LogP contribution < -0.4 is 5.32 Å². The summed E-state index contributed by atoms with van der Waals surface area (Å²) in [5.41, 5.74) is 1.10. The van der Waals surface area contributed by atoms with E-state index in [1.165, 1.54) is 0 Å². The van der Waals surface area contributed by atoms with Gasteiger partial charge in [-0.25, -0.2) is 0 Å². The van der Waals surface area contributed by atoms with Gasteiger partial charge in [-0.15, -0.1) is 0 Å². The van der Waals surface area contributed by atoms with Crippen molar-refractivity contribution in [2.24, 2.45) is 5.92 Å². The molecule has 0 aromatic heterocycles. The third kappa shape index (κ3) is 2.74. The van der Waals surface area contributed by atoms with Crippen molar-refractivity contribution in [1.29, 1.82) is 0 Å². The maximum atomic E-state index is 11.1. The summed E-state index contributed by atoms with van der Waals surface area (Å²) >= 11 is 0. The fourth-order valence-electron chi connectivity index (χ4n) is 0.827. The predicted molar refractivity (Wildman–Crippen MR) is 45.2 cm³/mol. The summed E-state index contributed by atoms with van der Waals surface area (Å²) in [6.45, 7) is 6.52. The standard InChI is InChI=1S/C9H15NO/c1-3-7(2)6-10-9(11)8-4-5-8/h8H,2-6H2,1H3,(H,10,11). The quantitative estimate of drug-likeness (QED) is 0.609. The second kappa shape index (κ2) is 3.56. The zero-order valence-electron chi connectivity index (χ0n) is 7.02. The molecule has 0 heterocycles. The monoisotopic (exact) mass is 153 g/mol. The van der Waals surface area contributed by atoms with E-state index in [0.717, 1.165) is 24.8 Å². The van der Waals surface area contributed by atoms with Crippen LogP contribution in [-0.4, -0.2) is 12.5 Å². The molecule has 0 aromatic carbocycles. The molecule has 0 spiro atoms. The molecular formula is C9H15NO. The number of nitrogens with one attached hydrogen (secondary N) is 1. The van der Waals surface area contributed by atoms with Gasteiger partial charge in [-0.2, -0.15) is 0 Å². The van der Waals surface area contributed by atoms with E-state index >= 15 is 0 Å². The molecular weight excluding hydrogens is 138 g/mol. The lowest BCUT2D eigenvalue weighted by molar-refractivity contribution is -0.122. The number of rotatable bonds is 4. The summed E-state index contributed by atoms with van der Waals surface area (Å²) in [7, 11) is 0. The Labute approximate surface area is 67.7 Å². The van der Waals surface area contributed by atoms with Gasteiger partial charge in [0.15, 0.2) is 0 Å². The van der Waals surface area contributed by atoms with Crippen molar-refractivity contribution in [1.82, 2.24) is 5.32 Å². The summed E-state index contributed by atoms with van der Waals surface area (Å²) in [4.78, 5) is 11.1. The second-order valence-electron chi connectivity index (χ2n) is 3.10. The Morgan fingerprint density at radius 3 is 2.73 bits per heavy atom. The van der Waals surface area contributed by atoms with Crippen LogP contribution in [0.5, 0.6) is 0 Å². The third-order valence-corrected chi connectivity index (χ3v) is 1.96. The predicted octanol–water partition coefficient (Wildman–Crippen LogP) is 1.48. The summed E-state index contributed by atoms with van der Waals surface area (Å²) < 4.78 is 0. The van der Waals surface area contributed by atoms with Crippen molar-refractivity contribution >= 4 is 5.91 Å². The first-order valence-electron chi connectivity index (χ1n) is 4.18. The number of amides is 1. The van der Waals surface area contributed by atoms with E-state index in [1.54, 1.807) is 0 Å². The van der Waals surface area contributed by atoms with Gasteiger partial charge < -0.3 is 5.32 Å². The Balaban J connectivity index is 2.10. The molecule has 11 heavy (non-hydrogen) atoms. The van der Waals surface area contributed by atoms with Crippen molar-refractivity contribution in [3.8, 4) is 0 Å². The summed E-state index contributed by atoms with van der Waals surface area (Å²) in [6, 6.07) is 0. The molecule has 2 heteroatoms. The Bertz CT molecular complexity index is 170. The van der Waals surface area contributed by atoms with E-state index in [2.05, 4.69) is 11.9 Å². The highest BCUT2D eigenvalue weighted by Crippen LogP contribution is 2.28. The van der Waals surface area contributed by atoms with E-state index in [1.807, 2.05) is 6.92 Å². The van der Waals surface area contributed by atoms with E-state index < -0.39 is 0 Å². The molecule has 62 valence electrons. The SMILES string of the molecule is C=C(CC)CNC(=O)C1CC1. The van der Waals surface area contributed by atoms with Crippen LogP contribution in [-0.2, 0) is 4.79 Å².